The number of nitrogens with zero attached hydrogens (tertiary/aromatic N) is 2. The molecule has 0 radical (unpaired) electrons. The van der Waals surface area contributed by atoms with Crippen LogP contribution in [0.4, 0.5) is 5.82 Å². The van der Waals surface area contributed by atoms with Gasteiger partial charge in [0.25, 0.3) is 0 Å². The molecule has 0 aliphatic carbocycles. The molecule has 1 heterocycles. The predicted octanol–water partition coefficient (Wildman–Crippen LogP) is 3.38. The number of para-hydroxylation sites is 1. The Kier molecular flexibility index (Phi) is 4.53. The Morgan fingerprint density at radius 3 is 2.75 bits per heavy atom. The molecule has 0 spiro atoms. The fraction of sp³-hybridized carbons (Fsp3) is 0.333. The molecule has 5 heteroatoms. The minimum absolute atomic E-state index is 0.431. The summed E-state index contributed by atoms with van der Waals surface area (Å²) < 4.78 is 5.96. The number of nitrogens with one attached hydrogen (secondary N) is 1. The van der Waals surface area contributed by atoms with E-state index < -0.39 is 0 Å². The van der Waals surface area contributed by atoms with Gasteiger partial charge < -0.3 is 10.2 Å². The highest BCUT2D eigenvalue weighted by Crippen LogP contribution is 2.33. The van der Waals surface area contributed by atoms with Crippen LogP contribution >= 0.6 is 0 Å². The van der Waals surface area contributed by atoms with Gasteiger partial charge in [-0.25, -0.2) is 15.8 Å². The Morgan fingerprint density at radius 2 is 2.05 bits per heavy atom. The van der Waals surface area contributed by atoms with Crippen molar-refractivity contribution in [3.63, 3.8) is 0 Å². The molecule has 1 aromatic carbocycles. The average molecular weight is 272 g/mol. The van der Waals surface area contributed by atoms with Crippen molar-refractivity contribution in [3.05, 3.63) is 41.7 Å². The average Bonchev–Trinajstić information content (AvgIpc) is 2.49. The first-order valence-corrected chi connectivity index (χ1v) is 6.72. The van der Waals surface area contributed by atoms with Crippen molar-refractivity contribution in [3.8, 4) is 11.6 Å². The highest BCUT2D eigenvalue weighted by Gasteiger charge is 2.13. The second kappa shape index (κ2) is 6.34. The summed E-state index contributed by atoms with van der Waals surface area (Å²) in [6.45, 7) is 6.21. The third-order valence-corrected chi connectivity index (χ3v) is 3.44. The molecule has 20 heavy (non-hydrogen) atoms. The van der Waals surface area contributed by atoms with Crippen molar-refractivity contribution in [2.45, 2.75) is 33.1 Å². The van der Waals surface area contributed by atoms with Crippen molar-refractivity contribution in [1.29, 1.82) is 0 Å². The zero-order valence-electron chi connectivity index (χ0n) is 12.1. The zero-order chi connectivity index (χ0) is 14.5. The number of anilines is 1. The van der Waals surface area contributed by atoms with E-state index in [0.717, 1.165) is 17.7 Å². The first-order valence-electron chi connectivity index (χ1n) is 6.72. The van der Waals surface area contributed by atoms with Gasteiger partial charge in [0, 0.05) is 0 Å². The third kappa shape index (κ3) is 2.88. The summed E-state index contributed by atoms with van der Waals surface area (Å²) >= 11 is 0. The topological polar surface area (TPSA) is 73.1 Å². The highest BCUT2D eigenvalue weighted by molar-refractivity contribution is 5.48. The summed E-state index contributed by atoms with van der Waals surface area (Å²) in [7, 11) is 0. The summed E-state index contributed by atoms with van der Waals surface area (Å²) in [5, 5.41) is 0. The van der Waals surface area contributed by atoms with Crippen molar-refractivity contribution in [1.82, 2.24) is 9.97 Å². The van der Waals surface area contributed by atoms with E-state index in [9.17, 15) is 0 Å². The molecular weight excluding hydrogens is 252 g/mol. The molecule has 2 aromatic rings. The van der Waals surface area contributed by atoms with Crippen LogP contribution in [0, 0.1) is 6.92 Å². The summed E-state index contributed by atoms with van der Waals surface area (Å²) in [5.74, 6) is 7.76. The van der Waals surface area contributed by atoms with Gasteiger partial charge in [0.15, 0.2) is 0 Å². The van der Waals surface area contributed by atoms with Crippen LogP contribution in [0.25, 0.3) is 0 Å². The van der Waals surface area contributed by atoms with E-state index in [1.54, 1.807) is 0 Å². The number of nitrogens with two attached hydrogens (primary N) is 1. The zero-order valence-corrected chi connectivity index (χ0v) is 12.1. The molecule has 1 atom stereocenters. The molecule has 1 unspecified atom stereocenters. The molecule has 5 nitrogen and oxygen atoms in total. The number of ether oxygens (including phenoxy) is 1. The molecule has 3 N–H and O–H groups in total. The Morgan fingerprint density at radius 1 is 1.30 bits per heavy atom. The van der Waals surface area contributed by atoms with Crippen molar-refractivity contribution < 1.29 is 4.74 Å². The van der Waals surface area contributed by atoms with Gasteiger partial charge in [0.1, 0.15) is 17.9 Å². The van der Waals surface area contributed by atoms with Crippen LogP contribution in [-0.2, 0) is 0 Å². The van der Waals surface area contributed by atoms with Gasteiger partial charge in [-0.05, 0) is 30.9 Å². The van der Waals surface area contributed by atoms with E-state index in [1.165, 1.54) is 11.9 Å². The lowest BCUT2D eigenvalue weighted by molar-refractivity contribution is 0.447. The Balaban J connectivity index is 2.35. The van der Waals surface area contributed by atoms with Gasteiger partial charge >= 0.3 is 0 Å². The van der Waals surface area contributed by atoms with Crippen molar-refractivity contribution in [2.24, 2.45) is 5.84 Å². The van der Waals surface area contributed by atoms with Gasteiger partial charge in [-0.2, -0.15) is 0 Å². The summed E-state index contributed by atoms with van der Waals surface area (Å²) in [6.07, 6.45) is 2.49. The van der Waals surface area contributed by atoms with Crippen LogP contribution in [0.2, 0.25) is 0 Å². The fourth-order valence-electron chi connectivity index (χ4n) is 1.99. The normalized spacial score (nSPS) is 12.0. The van der Waals surface area contributed by atoms with Crippen LogP contribution in [-0.4, -0.2) is 9.97 Å². The molecule has 0 bridgehead atoms. The second-order valence-electron chi connectivity index (χ2n) is 4.75. The van der Waals surface area contributed by atoms with E-state index in [-0.39, 0.29) is 0 Å². The fourth-order valence-corrected chi connectivity index (χ4v) is 1.99. The van der Waals surface area contributed by atoms with Gasteiger partial charge in [0.05, 0.1) is 5.56 Å². The largest absolute Gasteiger partial charge is 0.438 e. The van der Waals surface area contributed by atoms with E-state index >= 15 is 0 Å². The van der Waals surface area contributed by atoms with Crippen LogP contribution in [0.3, 0.4) is 0 Å². The Bertz CT molecular complexity index is 586. The van der Waals surface area contributed by atoms with E-state index in [4.69, 9.17) is 10.6 Å². The van der Waals surface area contributed by atoms with Gasteiger partial charge in [-0.3, -0.25) is 0 Å². The molecule has 0 aliphatic heterocycles. The molecule has 0 amide bonds. The smallest absolute Gasteiger partial charge is 0.227 e. The SMILES string of the molecule is CCC(C)c1ccccc1Oc1ncnc(NN)c1C. The number of aromatic nitrogens is 2. The van der Waals surface area contributed by atoms with E-state index in [2.05, 4.69) is 35.3 Å². The quantitative estimate of drug-likeness (QED) is 0.645. The van der Waals surface area contributed by atoms with Gasteiger partial charge in [-0.15, -0.1) is 0 Å². The number of hydrogen-bond donors (Lipinski definition) is 2. The third-order valence-electron chi connectivity index (χ3n) is 3.44. The molecule has 106 valence electrons. The van der Waals surface area contributed by atoms with Crippen LogP contribution < -0.4 is 16.0 Å². The number of hydrogen-bond acceptors (Lipinski definition) is 5. The van der Waals surface area contributed by atoms with Crippen LogP contribution in [0.1, 0.15) is 37.3 Å². The minimum Gasteiger partial charge on any atom is -0.438 e. The van der Waals surface area contributed by atoms with Gasteiger partial charge in [-0.1, -0.05) is 32.0 Å². The summed E-state index contributed by atoms with van der Waals surface area (Å²) in [6, 6.07) is 8.02. The lowest BCUT2D eigenvalue weighted by Crippen LogP contribution is -2.11. The van der Waals surface area contributed by atoms with E-state index in [0.29, 0.717) is 17.6 Å². The monoisotopic (exact) mass is 272 g/mol. The lowest BCUT2D eigenvalue weighted by atomic mass is 9.98. The predicted molar refractivity (Wildman–Crippen MR) is 79.8 cm³/mol. The molecule has 0 saturated heterocycles. The maximum absolute atomic E-state index is 5.96. The van der Waals surface area contributed by atoms with E-state index in [1.807, 2.05) is 25.1 Å². The molecule has 0 fully saturated rings. The summed E-state index contributed by atoms with van der Waals surface area (Å²) in [5.41, 5.74) is 4.50. The first kappa shape index (κ1) is 14.3. The Labute approximate surface area is 119 Å². The molecule has 0 aliphatic rings. The maximum atomic E-state index is 5.96. The van der Waals surface area contributed by atoms with Crippen molar-refractivity contribution in [2.75, 3.05) is 5.43 Å². The number of benzene rings is 1. The Hall–Kier alpha value is -2.14. The maximum Gasteiger partial charge on any atom is 0.227 e. The highest BCUT2D eigenvalue weighted by atomic mass is 16.5. The number of rotatable bonds is 5. The minimum atomic E-state index is 0.431. The molecule has 0 saturated carbocycles. The van der Waals surface area contributed by atoms with Crippen molar-refractivity contribution >= 4 is 5.82 Å². The lowest BCUT2D eigenvalue weighted by Gasteiger charge is -2.16. The van der Waals surface area contributed by atoms with Crippen LogP contribution in [0.15, 0.2) is 30.6 Å². The molecule has 1 aromatic heterocycles. The first-order chi connectivity index (χ1) is 9.67. The summed E-state index contributed by atoms with van der Waals surface area (Å²) in [4.78, 5) is 8.23. The van der Waals surface area contributed by atoms with Gasteiger partial charge in [0.2, 0.25) is 5.88 Å². The number of hydrazine groups is 1. The standard InChI is InChI=1S/C15H20N4O/c1-4-10(2)12-7-5-6-8-13(12)20-15-11(3)14(19-16)17-9-18-15/h5-10H,4,16H2,1-3H3,(H,17,18,19). The molecule has 2 rings (SSSR count). The van der Waals surface area contributed by atoms with Crippen LogP contribution in [0.5, 0.6) is 11.6 Å². The second-order valence-corrected chi connectivity index (χ2v) is 4.75. The number of nitrogen functional groups attached to an aromatic ring is 1. The molecular formula is C15H20N4O.